The number of hydrazone groups is 1. The number of anilines is 2. The lowest BCUT2D eigenvalue weighted by atomic mass is 10.1. The van der Waals surface area contributed by atoms with Gasteiger partial charge in [-0.1, -0.05) is 30.3 Å². The van der Waals surface area contributed by atoms with Crippen molar-refractivity contribution >= 4 is 34.6 Å². The van der Waals surface area contributed by atoms with Gasteiger partial charge in [0.25, 0.3) is 11.6 Å². The number of carbonyl (C=O) groups excluding carboxylic acids is 2. The Labute approximate surface area is 166 Å². The number of primary amides is 1. The molecule has 0 saturated carbocycles. The summed E-state index contributed by atoms with van der Waals surface area (Å²) in [5, 5.41) is 22.3. The molecule has 2 aromatic carbocycles. The summed E-state index contributed by atoms with van der Waals surface area (Å²) in [5.41, 5.74) is 6.65. The second kappa shape index (κ2) is 8.83. The van der Waals surface area contributed by atoms with Gasteiger partial charge in [-0.3, -0.25) is 24.7 Å². The standard InChI is InChI=1S/C19H20N6O4/c20-18(26)17-12-15(23-24(17)13-6-2-1-3-7-13)19(27)22-11-10-21-14-8-4-5-9-16(14)25(28)29/h1-9,17,21H,10-12H2,(H2,20,26)(H,22,27). The topological polar surface area (TPSA) is 143 Å². The van der Waals surface area contributed by atoms with Crippen LogP contribution in [0.1, 0.15) is 6.42 Å². The fraction of sp³-hybridized carbons (Fsp3) is 0.211. The molecule has 10 nitrogen and oxygen atoms in total. The molecule has 3 rings (SSSR count). The van der Waals surface area contributed by atoms with E-state index in [1.165, 1.54) is 11.1 Å². The van der Waals surface area contributed by atoms with Gasteiger partial charge in [0.05, 0.1) is 10.6 Å². The number of rotatable bonds is 8. The molecule has 29 heavy (non-hydrogen) atoms. The van der Waals surface area contributed by atoms with E-state index in [0.29, 0.717) is 11.4 Å². The Kier molecular flexibility index (Phi) is 6.03. The minimum absolute atomic E-state index is 0.0400. The molecule has 2 amide bonds. The lowest BCUT2D eigenvalue weighted by Crippen LogP contribution is -2.40. The van der Waals surface area contributed by atoms with E-state index < -0.39 is 22.8 Å². The predicted molar refractivity (Wildman–Crippen MR) is 109 cm³/mol. The summed E-state index contributed by atoms with van der Waals surface area (Å²) < 4.78 is 0. The van der Waals surface area contributed by atoms with Crippen LogP contribution in [0.25, 0.3) is 0 Å². The van der Waals surface area contributed by atoms with E-state index in [1.807, 2.05) is 6.07 Å². The van der Waals surface area contributed by atoms with Gasteiger partial charge in [0, 0.05) is 25.6 Å². The summed E-state index contributed by atoms with van der Waals surface area (Å²) in [6.45, 7) is 0.502. The fourth-order valence-corrected chi connectivity index (χ4v) is 2.95. The van der Waals surface area contributed by atoms with Crippen molar-refractivity contribution in [2.24, 2.45) is 10.8 Å². The van der Waals surface area contributed by atoms with Gasteiger partial charge in [-0.15, -0.1) is 0 Å². The van der Waals surface area contributed by atoms with Gasteiger partial charge in [-0.2, -0.15) is 5.10 Å². The molecule has 1 unspecified atom stereocenters. The molecule has 0 aromatic heterocycles. The first-order chi connectivity index (χ1) is 14.0. The van der Waals surface area contributed by atoms with Crippen LogP contribution in [-0.2, 0) is 9.59 Å². The minimum atomic E-state index is -0.733. The second-order valence-electron chi connectivity index (χ2n) is 6.31. The van der Waals surface area contributed by atoms with Gasteiger partial charge in [0.15, 0.2) is 0 Å². The second-order valence-corrected chi connectivity index (χ2v) is 6.31. The van der Waals surface area contributed by atoms with Crippen molar-refractivity contribution in [1.82, 2.24) is 5.32 Å². The van der Waals surface area contributed by atoms with Crippen LogP contribution in [0, 0.1) is 10.1 Å². The maximum absolute atomic E-state index is 12.4. The molecule has 4 N–H and O–H groups in total. The molecule has 0 spiro atoms. The molecule has 2 aromatic rings. The van der Waals surface area contributed by atoms with Crippen molar-refractivity contribution < 1.29 is 14.5 Å². The maximum Gasteiger partial charge on any atom is 0.292 e. The third-order valence-electron chi connectivity index (χ3n) is 4.35. The van der Waals surface area contributed by atoms with Crippen molar-refractivity contribution in [3.63, 3.8) is 0 Å². The SMILES string of the molecule is NC(=O)C1CC(C(=O)NCCNc2ccccc2[N+](=O)[O-])=NN1c1ccccc1. The third kappa shape index (κ3) is 4.67. The molecule has 1 aliphatic heterocycles. The molecular weight excluding hydrogens is 376 g/mol. The van der Waals surface area contributed by atoms with E-state index in [4.69, 9.17) is 5.73 Å². The summed E-state index contributed by atoms with van der Waals surface area (Å²) in [5.74, 6) is -0.988. The Morgan fingerprint density at radius 3 is 2.52 bits per heavy atom. The molecule has 0 bridgehead atoms. The number of carbonyl (C=O) groups is 2. The Bertz CT molecular complexity index is 947. The van der Waals surface area contributed by atoms with Crippen LogP contribution in [0.3, 0.4) is 0 Å². The molecular formula is C19H20N6O4. The number of nitro benzene ring substituents is 1. The van der Waals surface area contributed by atoms with Crippen LogP contribution in [0.5, 0.6) is 0 Å². The van der Waals surface area contributed by atoms with Gasteiger partial charge in [-0.25, -0.2) is 0 Å². The lowest BCUT2D eigenvalue weighted by Gasteiger charge is -2.20. The third-order valence-corrected chi connectivity index (χ3v) is 4.35. The molecule has 0 aliphatic carbocycles. The summed E-state index contributed by atoms with van der Waals surface area (Å²) in [7, 11) is 0. The van der Waals surface area contributed by atoms with Crippen LogP contribution in [-0.4, -0.2) is 41.6 Å². The van der Waals surface area contributed by atoms with Crippen LogP contribution >= 0.6 is 0 Å². The Hall–Kier alpha value is -3.95. The maximum atomic E-state index is 12.4. The minimum Gasteiger partial charge on any atom is -0.378 e. The normalized spacial score (nSPS) is 15.5. The largest absolute Gasteiger partial charge is 0.378 e. The van der Waals surface area contributed by atoms with E-state index in [1.54, 1.807) is 42.5 Å². The number of nitrogens with one attached hydrogen (secondary N) is 2. The lowest BCUT2D eigenvalue weighted by molar-refractivity contribution is -0.384. The highest BCUT2D eigenvalue weighted by atomic mass is 16.6. The quantitative estimate of drug-likeness (QED) is 0.348. The summed E-state index contributed by atoms with van der Waals surface area (Å²) >= 11 is 0. The van der Waals surface area contributed by atoms with E-state index in [2.05, 4.69) is 15.7 Å². The Morgan fingerprint density at radius 1 is 1.14 bits per heavy atom. The molecule has 150 valence electrons. The zero-order chi connectivity index (χ0) is 20.8. The molecule has 0 radical (unpaired) electrons. The van der Waals surface area contributed by atoms with Crippen molar-refractivity contribution in [3.8, 4) is 0 Å². The van der Waals surface area contributed by atoms with E-state index in [0.717, 1.165) is 0 Å². The Morgan fingerprint density at radius 2 is 1.83 bits per heavy atom. The number of nitrogens with two attached hydrogens (primary N) is 1. The first kappa shape index (κ1) is 19.8. The van der Waals surface area contributed by atoms with E-state index in [-0.39, 0.29) is 30.9 Å². The zero-order valence-electron chi connectivity index (χ0n) is 15.4. The summed E-state index contributed by atoms with van der Waals surface area (Å²) in [4.78, 5) is 34.7. The molecule has 1 atom stereocenters. The highest BCUT2D eigenvalue weighted by molar-refractivity contribution is 6.40. The molecule has 0 saturated heterocycles. The van der Waals surface area contributed by atoms with Crippen molar-refractivity contribution in [1.29, 1.82) is 0 Å². The van der Waals surface area contributed by atoms with Gasteiger partial charge >= 0.3 is 0 Å². The summed E-state index contributed by atoms with van der Waals surface area (Å²) in [6.07, 6.45) is 0.105. The molecule has 1 aliphatic rings. The molecule has 1 heterocycles. The number of nitrogens with zero attached hydrogens (tertiary/aromatic N) is 3. The number of amides is 2. The highest BCUT2D eigenvalue weighted by Crippen LogP contribution is 2.24. The van der Waals surface area contributed by atoms with Gasteiger partial charge in [0.1, 0.15) is 17.4 Å². The first-order valence-electron chi connectivity index (χ1n) is 8.94. The first-order valence-corrected chi connectivity index (χ1v) is 8.94. The highest BCUT2D eigenvalue weighted by Gasteiger charge is 2.34. The number of benzene rings is 2. The monoisotopic (exact) mass is 396 g/mol. The smallest absolute Gasteiger partial charge is 0.292 e. The predicted octanol–water partition coefficient (Wildman–Crippen LogP) is 1.24. The number of para-hydroxylation sites is 3. The van der Waals surface area contributed by atoms with Crippen LogP contribution in [0.15, 0.2) is 59.7 Å². The van der Waals surface area contributed by atoms with Crippen molar-refractivity contribution in [2.45, 2.75) is 12.5 Å². The summed E-state index contributed by atoms with van der Waals surface area (Å²) in [6, 6.07) is 14.5. The number of nitro groups is 1. The van der Waals surface area contributed by atoms with Crippen LogP contribution in [0.4, 0.5) is 17.1 Å². The number of hydrogen-bond acceptors (Lipinski definition) is 7. The average Bonchev–Trinajstić information content (AvgIpc) is 3.18. The van der Waals surface area contributed by atoms with Gasteiger partial charge in [-0.05, 0) is 18.2 Å². The molecule has 10 heteroatoms. The Balaban J connectivity index is 1.58. The zero-order valence-corrected chi connectivity index (χ0v) is 15.4. The van der Waals surface area contributed by atoms with Crippen LogP contribution < -0.4 is 21.4 Å². The van der Waals surface area contributed by atoms with E-state index >= 15 is 0 Å². The number of hydrogen-bond donors (Lipinski definition) is 3. The van der Waals surface area contributed by atoms with Crippen molar-refractivity contribution in [2.75, 3.05) is 23.4 Å². The average molecular weight is 396 g/mol. The van der Waals surface area contributed by atoms with Crippen LogP contribution in [0.2, 0.25) is 0 Å². The van der Waals surface area contributed by atoms with Crippen molar-refractivity contribution in [3.05, 3.63) is 64.7 Å². The van der Waals surface area contributed by atoms with Gasteiger partial charge in [0.2, 0.25) is 5.91 Å². The van der Waals surface area contributed by atoms with E-state index in [9.17, 15) is 19.7 Å². The van der Waals surface area contributed by atoms with Gasteiger partial charge < -0.3 is 16.4 Å². The fourth-order valence-electron chi connectivity index (χ4n) is 2.95. The molecule has 0 fully saturated rings.